The van der Waals surface area contributed by atoms with Crippen LogP contribution >= 0.6 is 0 Å². The van der Waals surface area contributed by atoms with E-state index in [-0.39, 0.29) is 6.29 Å². The van der Waals surface area contributed by atoms with E-state index >= 15 is 0 Å². The molecular formula is C11H22O2. The van der Waals surface area contributed by atoms with E-state index in [2.05, 4.69) is 6.92 Å². The van der Waals surface area contributed by atoms with Gasteiger partial charge in [-0.05, 0) is 12.8 Å². The van der Waals surface area contributed by atoms with Crippen LogP contribution in [-0.4, -0.2) is 19.5 Å². The Morgan fingerprint density at radius 3 is 2.23 bits per heavy atom. The Labute approximate surface area is 81.6 Å². The Morgan fingerprint density at radius 1 is 0.923 bits per heavy atom. The molecule has 0 aliphatic carbocycles. The molecule has 0 saturated carbocycles. The normalized spacial score (nSPS) is 18.2. The molecule has 0 aromatic carbocycles. The number of ether oxygens (including phenoxy) is 2. The maximum atomic E-state index is 5.36. The molecule has 1 saturated heterocycles. The van der Waals surface area contributed by atoms with Crippen LogP contribution in [0, 0.1) is 0 Å². The zero-order chi connectivity index (χ0) is 9.36. The van der Waals surface area contributed by atoms with E-state index in [1.54, 1.807) is 0 Å². The van der Waals surface area contributed by atoms with Crippen molar-refractivity contribution in [1.82, 2.24) is 0 Å². The van der Waals surface area contributed by atoms with Crippen molar-refractivity contribution in [2.75, 3.05) is 13.2 Å². The van der Waals surface area contributed by atoms with Gasteiger partial charge < -0.3 is 9.47 Å². The fourth-order valence-corrected chi connectivity index (χ4v) is 1.67. The Kier molecular flexibility index (Phi) is 6.21. The van der Waals surface area contributed by atoms with Crippen molar-refractivity contribution < 1.29 is 9.47 Å². The predicted octanol–water partition coefficient (Wildman–Crippen LogP) is 3.11. The zero-order valence-corrected chi connectivity index (χ0v) is 8.76. The molecule has 1 fully saturated rings. The summed E-state index contributed by atoms with van der Waals surface area (Å²) in [4.78, 5) is 0. The van der Waals surface area contributed by atoms with Crippen molar-refractivity contribution in [3.8, 4) is 0 Å². The van der Waals surface area contributed by atoms with E-state index in [4.69, 9.17) is 9.47 Å². The molecule has 1 aliphatic rings. The van der Waals surface area contributed by atoms with E-state index in [0.29, 0.717) is 0 Å². The van der Waals surface area contributed by atoms with E-state index < -0.39 is 0 Å². The molecule has 2 nitrogen and oxygen atoms in total. The van der Waals surface area contributed by atoms with Gasteiger partial charge in [-0.25, -0.2) is 0 Å². The van der Waals surface area contributed by atoms with Crippen molar-refractivity contribution in [2.24, 2.45) is 0 Å². The summed E-state index contributed by atoms with van der Waals surface area (Å²) < 4.78 is 10.7. The van der Waals surface area contributed by atoms with Gasteiger partial charge in [0.1, 0.15) is 0 Å². The summed E-state index contributed by atoms with van der Waals surface area (Å²) in [6.45, 7) is 3.83. The molecule has 1 rings (SSSR count). The van der Waals surface area contributed by atoms with Crippen molar-refractivity contribution in [3.63, 3.8) is 0 Å². The Balaban J connectivity index is 1.78. The quantitative estimate of drug-likeness (QED) is 0.569. The lowest BCUT2D eigenvalue weighted by atomic mass is 10.1. The molecule has 1 heterocycles. The highest BCUT2D eigenvalue weighted by Gasteiger charge is 2.14. The third-order valence-corrected chi connectivity index (χ3v) is 2.48. The second kappa shape index (κ2) is 7.34. The summed E-state index contributed by atoms with van der Waals surface area (Å²) in [6, 6.07) is 0. The van der Waals surface area contributed by atoms with Gasteiger partial charge in [-0.1, -0.05) is 39.0 Å². The lowest BCUT2D eigenvalue weighted by molar-refractivity contribution is -0.0480. The summed E-state index contributed by atoms with van der Waals surface area (Å²) in [6.07, 6.45) is 9.28. The maximum Gasteiger partial charge on any atom is 0.157 e. The maximum absolute atomic E-state index is 5.36. The second-order valence-electron chi connectivity index (χ2n) is 3.73. The predicted molar refractivity (Wildman–Crippen MR) is 53.7 cm³/mol. The van der Waals surface area contributed by atoms with E-state index in [9.17, 15) is 0 Å². The summed E-state index contributed by atoms with van der Waals surface area (Å²) in [7, 11) is 0. The SMILES string of the molecule is CCCCCCCCC1OCCO1. The van der Waals surface area contributed by atoms with Crippen LogP contribution in [0.3, 0.4) is 0 Å². The average Bonchev–Trinajstić information content (AvgIpc) is 2.63. The second-order valence-corrected chi connectivity index (χ2v) is 3.73. The third-order valence-electron chi connectivity index (χ3n) is 2.48. The molecule has 0 spiro atoms. The van der Waals surface area contributed by atoms with E-state index in [0.717, 1.165) is 19.6 Å². The van der Waals surface area contributed by atoms with Gasteiger partial charge in [0, 0.05) is 0 Å². The first-order valence-electron chi connectivity index (χ1n) is 5.66. The van der Waals surface area contributed by atoms with Crippen LogP contribution in [0.1, 0.15) is 51.9 Å². The summed E-state index contributed by atoms with van der Waals surface area (Å²) in [5, 5.41) is 0. The standard InChI is InChI=1S/C11H22O2/c1-2-3-4-5-6-7-8-11-12-9-10-13-11/h11H,2-10H2,1H3. The smallest absolute Gasteiger partial charge is 0.157 e. The van der Waals surface area contributed by atoms with Crippen LogP contribution in [0.5, 0.6) is 0 Å². The lowest BCUT2D eigenvalue weighted by Gasteiger charge is -2.07. The monoisotopic (exact) mass is 186 g/mol. The number of hydrogen-bond acceptors (Lipinski definition) is 2. The molecule has 2 heteroatoms. The van der Waals surface area contributed by atoms with Crippen molar-refractivity contribution in [2.45, 2.75) is 58.2 Å². The Bertz CT molecular complexity index is 109. The molecule has 78 valence electrons. The first kappa shape index (κ1) is 11.0. The number of rotatable bonds is 7. The third kappa shape index (κ3) is 5.27. The highest BCUT2D eigenvalue weighted by molar-refractivity contribution is 4.53. The van der Waals surface area contributed by atoms with E-state index in [1.807, 2.05) is 0 Å². The minimum atomic E-state index is 0.117. The molecule has 0 bridgehead atoms. The largest absolute Gasteiger partial charge is 0.350 e. The van der Waals surface area contributed by atoms with Gasteiger partial charge in [-0.2, -0.15) is 0 Å². The average molecular weight is 186 g/mol. The lowest BCUT2D eigenvalue weighted by Crippen LogP contribution is -2.06. The molecule has 0 unspecified atom stereocenters. The highest BCUT2D eigenvalue weighted by atomic mass is 16.7. The molecule has 0 atom stereocenters. The summed E-state index contributed by atoms with van der Waals surface area (Å²) >= 11 is 0. The minimum absolute atomic E-state index is 0.117. The number of hydrogen-bond donors (Lipinski definition) is 0. The molecule has 13 heavy (non-hydrogen) atoms. The van der Waals surface area contributed by atoms with Gasteiger partial charge in [-0.15, -0.1) is 0 Å². The molecular weight excluding hydrogens is 164 g/mol. The minimum Gasteiger partial charge on any atom is -0.350 e. The Hall–Kier alpha value is -0.0800. The van der Waals surface area contributed by atoms with Gasteiger partial charge >= 0.3 is 0 Å². The van der Waals surface area contributed by atoms with Gasteiger partial charge in [-0.3, -0.25) is 0 Å². The van der Waals surface area contributed by atoms with Crippen molar-refractivity contribution in [1.29, 1.82) is 0 Å². The van der Waals surface area contributed by atoms with Gasteiger partial charge in [0.05, 0.1) is 13.2 Å². The van der Waals surface area contributed by atoms with Crippen LogP contribution in [0.15, 0.2) is 0 Å². The van der Waals surface area contributed by atoms with Gasteiger partial charge in [0.2, 0.25) is 0 Å². The van der Waals surface area contributed by atoms with Crippen LogP contribution in [0.25, 0.3) is 0 Å². The first-order chi connectivity index (χ1) is 6.43. The molecule has 0 aromatic rings. The van der Waals surface area contributed by atoms with Crippen LogP contribution in [0.2, 0.25) is 0 Å². The summed E-state index contributed by atoms with van der Waals surface area (Å²) in [5.41, 5.74) is 0. The molecule has 0 amide bonds. The van der Waals surface area contributed by atoms with Gasteiger partial charge in [0.25, 0.3) is 0 Å². The molecule has 0 aromatic heterocycles. The van der Waals surface area contributed by atoms with E-state index in [1.165, 1.54) is 38.5 Å². The topological polar surface area (TPSA) is 18.5 Å². The van der Waals surface area contributed by atoms with Crippen molar-refractivity contribution in [3.05, 3.63) is 0 Å². The van der Waals surface area contributed by atoms with Gasteiger partial charge in [0.15, 0.2) is 6.29 Å². The van der Waals surface area contributed by atoms with Crippen LogP contribution < -0.4 is 0 Å². The molecule has 0 N–H and O–H groups in total. The number of unbranched alkanes of at least 4 members (excludes halogenated alkanes) is 5. The van der Waals surface area contributed by atoms with Crippen LogP contribution in [0.4, 0.5) is 0 Å². The highest BCUT2D eigenvalue weighted by Crippen LogP contribution is 2.13. The summed E-state index contributed by atoms with van der Waals surface area (Å²) in [5.74, 6) is 0. The molecule has 1 aliphatic heterocycles. The fourth-order valence-electron chi connectivity index (χ4n) is 1.67. The first-order valence-corrected chi connectivity index (χ1v) is 5.66. The van der Waals surface area contributed by atoms with Crippen LogP contribution in [-0.2, 0) is 9.47 Å². The zero-order valence-electron chi connectivity index (χ0n) is 8.76. The van der Waals surface area contributed by atoms with Crippen molar-refractivity contribution >= 4 is 0 Å². The molecule has 0 radical (unpaired) electrons. The Morgan fingerprint density at radius 2 is 1.54 bits per heavy atom. The fraction of sp³-hybridized carbons (Fsp3) is 1.00.